The van der Waals surface area contributed by atoms with E-state index in [-0.39, 0.29) is 22.8 Å². The number of piperazine rings is 1. The molecule has 1 saturated carbocycles. The number of hydrogen-bond acceptors (Lipinski definition) is 3. The molecule has 3 rings (SSSR count). The molecule has 1 aliphatic heterocycles. The van der Waals surface area contributed by atoms with Gasteiger partial charge in [-0.2, -0.15) is 0 Å². The Hall–Kier alpha value is -1.49. The first kappa shape index (κ1) is 15.4. The van der Waals surface area contributed by atoms with Crippen LogP contribution in [0.4, 0.5) is 14.5 Å². The van der Waals surface area contributed by atoms with Gasteiger partial charge in [-0.25, -0.2) is 8.78 Å². The molecule has 1 aromatic rings. The van der Waals surface area contributed by atoms with Gasteiger partial charge in [0.15, 0.2) is 6.29 Å². The smallest absolute Gasteiger partial charge is 0.153 e. The summed E-state index contributed by atoms with van der Waals surface area (Å²) >= 11 is 0. The summed E-state index contributed by atoms with van der Waals surface area (Å²) in [6, 6.07) is 2.65. The van der Waals surface area contributed by atoms with Crippen LogP contribution in [0.5, 0.6) is 0 Å². The fraction of sp³-hybridized carbons (Fsp3) is 0.588. The van der Waals surface area contributed by atoms with Gasteiger partial charge in [0.2, 0.25) is 0 Å². The van der Waals surface area contributed by atoms with Gasteiger partial charge in [-0.1, -0.05) is 12.8 Å². The topological polar surface area (TPSA) is 32.3 Å². The van der Waals surface area contributed by atoms with Crippen molar-refractivity contribution < 1.29 is 13.6 Å². The van der Waals surface area contributed by atoms with E-state index in [2.05, 4.69) is 19.2 Å². The van der Waals surface area contributed by atoms with Crippen molar-refractivity contribution in [2.24, 2.45) is 0 Å². The van der Waals surface area contributed by atoms with Crippen molar-refractivity contribution in [2.75, 3.05) is 11.4 Å². The molecule has 1 N–H and O–H groups in total. The summed E-state index contributed by atoms with van der Waals surface area (Å²) in [7, 11) is 0. The van der Waals surface area contributed by atoms with Crippen LogP contribution in [0.3, 0.4) is 0 Å². The molecule has 22 heavy (non-hydrogen) atoms. The van der Waals surface area contributed by atoms with E-state index in [9.17, 15) is 13.6 Å². The Bertz CT molecular complexity index is 588. The molecule has 2 aliphatic rings. The predicted molar refractivity (Wildman–Crippen MR) is 82.4 cm³/mol. The molecule has 0 amide bonds. The fourth-order valence-corrected chi connectivity index (χ4v) is 3.87. The summed E-state index contributed by atoms with van der Waals surface area (Å²) in [5.74, 6) is -1.18. The standard InChI is InChI=1S/C17H22F2N2O/c1-17(2)10-21(15-6-4-3-5-14(15)20-17)16-8-12(18)11(9-22)7-13(16)19/h7-9,14-15,20H,3-6,10H2,1-2H3/t14-,15-/m0/s1. The minimum absolute atomic E-state index is 0.162. The third-order valence-electron chi connectivity index (χ3n) is 4.77. The number of hydrogen-bond donors (Lipinski definition) is 1. The van der Waals surface area contributed by atoms with Crippen molar-refractivity contribution >= 4 is 12.0 Å². The number of nitrogens with zero attached hydrogens (tertiary/aromatic N) is 1. The molecule has 5 heteroatoms. The van der Waals surface area contributed by atoms with Crippen LogP contribution in [-0.4, -0.2) is 30.5 Å². The first-order chi connectivity index (χ1) is 10.4. The maximum absolute atomic E-state index is 14.4. The van der Waals surface area contributed by atoms with Gasteiger partial charge in [0.25, 0.3) is 0 Å². The second-order valence-electron chi connectivity index (χ2n) is 7.06. The Kier molecular flexibility index (Phi) is 3.93. The number of rotatable bonds is 2. The minimum atomic E-state index is -0.657. The van der Waals surface area contributed by atoms with Crippen LogP contribution in [-0.2, 0) is 0 Å². The number of carbonyl (C=O) groups is 1. The predicted octanol–water partition coefficient (Wildman–Crippen LogP) is 3.28. The maximum atomic E-state index is 14.4. The largest absolute Gasteiger partial charge is 0.363 e. The van der Waals surface area contributed by atoms with E-state index in [0.29, 0.717) is 18.9 Å². The Morgan fingerprint density at radius 1 is 1.23 bits per heavy atom. The quantitative estimate of drug-likeness (QED) is 0.851. The highest BCUT2D eigenvalue weighted by Gasteiger charge is 2.41. The lowest BCUT2D eigenvalue weighted by atomic mass is 9.83. The second-order valence-corrected chi connectivity index (χ2v) is 7.06. The monoisotopic (exact) mass is 308 g/mol. The lowest BCUT2D eigenvalue weighted by Gasteiger charge is -2.52. The minimum Gasteiger partial charge on any atom is -0.363 e. The molecule has 0 aromatic heterocycles. The summed E-state index contributed by atoms with van der Waals surface area (Å²) < 4.78 is 28.4. The van der Waals surface area contributed by atoms with Gasteiger partial charge in [-0.05, 0) is 32.8 Å². The summed E-state index contributed by atoms with van der Waals surface area (Å²) in [5.41, 5.74) is -0.115. The summed E-state index contributed by atoms with van der Waals surface area (Å²) in [6.45, 7) is 4.78. The van der Waals surface area contributed by atoms with Crippen LogP contribution in [0.15, 0.2) is 12.1 Å². The molecular formula is C17H22F2N2O. The molecule has 0 spiro atoms. The maximum Gasteiger partial charge on any atom is 0.153 e. The Morgan fingerprint density at radius 2 is 1.95 bits per heavy atom. The molecule has 120 valence electrons. The van der Waals surface area contributed by atoms with Gasteiger partial charge in [0.1, 0.15) is 11.6 Å². The highest BCUT2D eigenvalue weighted by molar-refractivity contribution is 5.76. The molecule has 2 fully saturated rings. The van der Waals surface area contributed by atoms with E-state index in [4.69, 9.17) is 0 Å². The zero-order valence-corrected chi connectivity index (χ0v) is 13.0. The summed E-state index contributed by atoms with van der Waals surface area (Å²) in [4.78, 5) is 12.8. The fourth-order valence-electron chi connectivity index (χ4n) is 3.87. The van der Waals surface area contributed by atoms with Gasteiger partial charge in [0.05, 0.1) is 11.3 Å². The first-order valence-corrected chi connectivity index (χ1v) is 7.90. The zero-order valence-electron chi connectivity index (χ0n) is 13.0. The van der Waals surface area contributed by atoms with Gasteiger partial charge >= 0.3 is 0 Å². The van der Waals surface area contributed by atoms with E-state index in [1.54, 1.807) is 0 Å². The molecule has 0 radical (unpaired) electrons. The Morgan fingerprint density at radius 3 is 2.68 bits per heavy atom. The number of anilines is 1. The molecule has 0 bridgehead atoms. The van der Waals surface area contributed by atoms with Crippen molar-refractivity contribution in [2.45, 2.75) is 57.2 Å². The average Bonchev–Trinajstić information content (AvgIpc) is 2.47. The normalized spacial score (nSPS) is 27.4. The number of fused-ring (bicyclic) bond motifs is 1. The molecular weight excluding hydrogens is 286 g/mol. The van der Waals surface area contributed by atoms with E-state index in [1.807, 2.05) is 4.90 Å². The van der Waals surface area contributed by atoms with Crippen LogP contribution in [0, 0.1) is 11.6 Å². The third-order valence-corrected chi connectivity index (χ3v) is 4.77. The number of nitrogens with one attached hydrogen (secondary N) is 1. The number of halogens is 2. The van der Waals surface area contributed by atoms with Gasteiger partial charge in [-0.15, -0.1) is 0 Å². The molecule has 1 saturated heterocycles. The zero-order chi connectivity index (χ0) is 15.9. The van der Waals surface area contributed by atoms with Crippen LogP contribution in [0.25, 0.3) is 0 Å². The van der Waals surface area contributed by atoms with E-state index in [1.165, 1.54) is 12.5 Å². The molecule has 1 aromatic carbocycles. The number of benzene rings is 1. The summed E-state index contributed by atoms with van der Waals surface area (Å²) in [5, 5.41) is 3.64. The van der Waals surface area contributed by atoms with Crippen molar-refractivity contribution in [3.8, 4) is 0 Å². The van der Waals surface area contributed by atoms with E-state index >= 15 is 0 Å². The number of carbonyl (C=O) groups excluding carboxylic acids is 1. The second kappa shape index (κ2) is 5.61. The molecule has 3 nitrogen and oxygen atoms in total. The van der Waals surface area contributed by atoms with E-state index in [0.717, 1.165) is 25.3 Å². The van der Waals surface area contributed by atoms with Gasteiger partial charge in [0, 0.05) is 30.2 Å². The van der Waals surface area contributed by atoms with E-state index < -0.39 is 11.6 Å². The third kappa shape index (κ3) is 2.74. The van der Waals surface area contributed by atoms with Gasteiger partial charge in [-0.3, -0.25) is 4.79 Å². The lowest BCUT2D eigenvalue weighted by molar-refractivity contribution is 0.111. The molecule has 0 unspecified atom stereocenters. The van der Waals surface area contributed by atoms with Crippen molar-refractivity contribution in [3.05, 3.63) is 29.3 Å². The van der Waals surface area contributed by atoms with Crippen LogP contribution < -0.4 is 10.2 Å². The van der Waals surface area contributed by atoms with Crippen LogP contribution in [0.2, 0.25) is 0 Å². The lowest BCUT2D eigenvalue weighted by Crippen LogP contribution is -2.67. The highest BCUT2D eigenvalue weighted by Crippen LogP contribution is 2.35. The van der Waals surface area contributed by atoms with Crippen LogP contribution >= 0.6 is 0 Å². The van der Waals surface area contributed by atoms with Gasteiger partial charge < -0.3 is 10.2 Å². The molecule has 1 heterocycles. The van der Waals surface area contributed by atoms with Crippen molar-refractivity contribution in [3.63, 3.8) is 0 Å². The molecule has 2 atom stereocenters. The first-order valence-electron chi connectivity index (χ1n) is 7.90. The van der Waals surface area contributed by atoms with Crippen molar-refractivity contribution in [1.29, 1.82) is 0 Å². The highest BCUT2D eigenvalue weighted by atomic mass is 19.1. The van der Waals surface area contributed by atoms with Crippen LogP contribution in [0.1, 0.15) is 49.9 Å². The Labute approximate surface area is 129 Å². The van der Waals surface area contributed by atoms with Crippen molar-refractivity contribution in [1.82, 2.24) is 5.32 Å². The summed E-state index contributed by atoms with van der Waals surface area (Å²) in [6.07, 6.45) is 4.66. The number of aldehydes is 1. The molecule has 1 aliphatic carbocycles. The SMILES string of the molecule is CC1(C)CN(c2cc(F)c(C=O)cc2F)[C@H]2CCCC[C@@H]2N1. The average molecular weight is 308 g/mol. The Balaban J connectivity index is 2.00.